The summed E-state index contributed by atoms with van der Waals surface area (Å²) in [5.74, 6) is 1.09. The van der Waals surface area contributed by atoms with Gasteiger partial charge in [0.05, 0.1) is 0 Å². The summed E-state index contributed by atoms with van der Waals surface area (Å²) in [5.41, 5.74) is 1.65. The summed E-state index contributed by atoms with van der Waals surface area (Å²) < 4.78 is 0. The summed E-state index contributed by atoms with van der Waals surface area (Å²) in [5, 5.41) is 13.4. The molecule has 21 heavy (non-hydrogen) atoms. The molecule has 1 aliphatic rings. The number of benzene rings is 1. The van der Waals surface area contributed by atoms with Gasteiger partial charge in [-0.05, 0) is 48.3 Å². The van der Waals surface area contributed by atoms with Gasteiger partial charge < -0.3 is 10.4 Å². The van der Waals surface area contributed by atoms with Gasteiger partial charge in [0.2, 0.25) is 0 Å². The van der Waals surface area contributed by atoms with Crippen molar-refractivity contribution in [2.24, 2.45) is 11.3 Å². The third kappa shape index (κ3) is 4.23. The maximum Gasteiger partial charge on any atom is 0.115 e. The first-order valence-corrected chi connectivity index (χ1v) is 8.46. The summed E-state index contributed by atoms with van der Waals surface area (Å²) >= 11 is 0. The number of aromatic hydroxyl groups is 1. The molecule has 0 aromatic heterocycles. The van der Waals surface area contributed by atoms with Crippen molar-refractivity contribution in [2.75, 3.05) is 0 Å². The highest BCUT2D eigenvalue weighted by Crippen LogP contribution is 2.39. The fourth-order valence-electron chi connectivity index (χ4n) is 3.78. The molecule has 1 aromatic rings. The summed E-state index contributed by atoms with van der Waals surface area (Å²) in [4.78, 5) is 0. The lowest BCUT2D eigenvalue weighted by Crippen LogP contribution is -2.45. The highest BCUT2D eigenvalue weighted by atomic mass is 16.3. The molecule has 2 rings (SSSR count). The Morgan fingerprint density at radius 3 is 2.33 bits per heavy atom. The average molecular weight is 289 g/mol. The number of phenols is 1. The van der Waals surface area contributed by atoms with Gasteiger partial charge in [-0.25, -0.2) is 0 Å². The maximum absolute atomic E-state index is 9.46. The van der Waals surface area contributed by atoms with E-state index in [1.165, 1.54) is 31.2 Å². The fourth-order valence-corrected chi connectivity index (χ4v) is 3.78. The van der Waals surface area contributed by atoms with Crippen LogP contribution in [0.3, 0.4) is 0 Å². The molecule has 0 bridgehead atoms. The first-order chi connectivity index (χ1) is 9.91. The van der Waals surface area contributed by atoms with Gasteiger partial charge in [0, 0.05) is 12.1 Å². The Bertz CT molecular complexity index is 432. The second-order valence-corrected chi connectivity index (χ2v) is 7.58. The molecule has 3 unspecified atom stereocenters. The van der Waals surface area contributed by atoms with Crippen molar-refractivity contribution >= 4 is 0 Å². The van der Waals surface area contributed by atoms with Crippen LogP contribution in [0, 0.1) is 11.3 Å². The highest BCUT2D eigenvalue weighted by molar-refractivity contribution is 5.28. The van der Waals surface area contributed by atoms with Crippen molar-refractivity contribution < 1.29 is 5.11 Å². The minimum Gasteiger partial charge on any atom is -0.508 e. The van der Waals surface area contributed by atoms with Gasteiger partial charge in [-0.2, -0.15) is 0 Å². The molecule has 0 aliphatic heterocycles. The van der Waals surface area contributed by atoms with Crippen molar-refractivity contribution in [1.29, 1.82) is 0 Å². The number of hydrogen-bond acceptors (Lipinski definition) is 2. The van der Waals surface area contributed by atoms with Crippen LogP contribution in [0.5, 0.6) is 5.75 Å². The lowest BCUT2D eigenvalue weighted by Gasteiger charge is -2.42. The lowest BCUT2D eigenvalue weighted by atomic mass is 9.69. The van der Waals surface area contributed by atoms with Crippen LogP contribution in [-0.4, -0.2) is 11.1 Å². The van der Waals surface area contributed by atoms with Crippen molar-refractivity contribution in [1.82, 2.24) is 5.32 Å². The Hall–Kier alpha value is -1.02. The van der Waals surface area contributed by atoms with Gasteiger partial charge in [-0.3, -0.25) is 0 Å². The molecule has 1 aliphatic carbocycles. The molecule has 0 spiro atoms. The van der Waals surface area contributed by atoms with Crippen molar-refractivity contribution in [2.45, 2.75) is 71.9 Å². The molecule has 1 aromatic carbocycles. The van der Waals surface area contributed by atoms with Crippen LogP contribution in [0.25, 0.3) is 0 Å². The summed E-state index contributed by atoms with van der Waals surface area (Å²) in [6.45, 7) is 9.36. The smallest absolute Gasteiger partial charge is 0.115 e. The van der Waals surface area contributed by atoms with Gasteiger partial charge in [0.15, 0.2) is 0 Å². The van der Waals surface area contributed by atoms with Crippen LogP contribution in [0.2, 0.25) is 0 Å². The normalized spacial score (nSPS) is 24.8. The molecule has 2 N–H and O–H groups in total. The monoisotopic (exact) mass is 289 g/mol. The number of phenolic OH excluding ortho intramolecular Hbond substituents is 1. The first kappa shape index (κ1) is 16.4. The molecule has 1 saturated carbocycles. The molecule has 0 radical (unpaired) electrons. The van der Waals surface area contributed by atoms with E-state index in [9.17, 15) is 5.11 Å². The van der Waals surface area contributed by atoms with E-state index < -0.39 is 0 Å². The zero-order chi connectivity index (χ0) is 15.5. The highest BCUT2D eigenvalue weighted by Gasteiger charge is 2.34. The molecular weight excluding hydrogens is 258 g/mol. The number of rotatable bonds is 4. The SMILES string of the molecule is CCC(NC1CCCCC1C(C)(C)C)c1ccc(O)cc1. The van der Waals surface area contributed by atoms with E-state index in [4.69, 9.17) is 0 Å². The van der Waals surface area contributed by atoms with E-state index in [1.807, 2.05) is 12.1 Å². The third-order valence-corrected chi connectivity index (χ3v) is 5.00. The van der Waals surface area contributed by atoms with Gasteiger partial charge >= 0.3 is 0 Å². The fraction of sp³-hybridized carbons (Fsp3) is 0.684. The lowest BCUT2D eigenvalue weighted by molar-refractivity contribution is 0.122. The molecular formula is C19H31NO. The van der Waals surface area contributed by atoms with E-state index >= 15 is 0 Å². The zero-order valence-electron chi connectivity index (χ0n) is 14.0. The second-order valence-electron chi connectivity index (χ2n) is 7.58. The van der Waals surface area contributed by atoms with Gasteiger partial charge in [-0.1, -0.05) is 52.7 Å². The number of nitrogens with one attached hydrogen (secondary N) is 1. The van der Waals surface area contributed by atoms with E-state index in [1.54, 1.807) is 12.1 Å². The van der Waals surface area contributed by atoms with Crippen LogP contribution in [0.15, 0.2) is 24.3 Å². The van der Waals surface area contributed by atoms with Gasteiger partial charge in [0.1, 0.15) is 5.75 Å². The standard InChI is InChI=1S/C19H31NO/c1-5-17(14-10-12-15(21)13-11-14)20-18-9-7-6-8-16(18)19(2,3)4/h10-13,16-18,20-21H,5-9H2,1-4H3. The average Bonchev–Trinajstić information content (AvgIpc) is 2.45. The minimum atomic E-state index is 0.346. The molecule has 3 atom stereocenters. The largest absolute Gasteiger partial charge is 0.508 e. The Morgan fingerprint density at radius 1 is 1.14 bits per heavy atom. The predicted molar refractivity (Wildman–Crippen MR) is 89.5 cm³/mol. The molecule has 0 saturated heterocycles. The van der Waals surface area contributed by atoms with Crippen LogP contribution >= 0.6 is 0 Å². The Labute approximate surface area is 130 Å². The summed E-state index contributed by atoms with van der Waals surface area (Å²) in [7, 11) is 0. The maximum atomic E-state index is 9.46. The van der Waals surface area contributed by atoms with Crippen molar-refractivity contribution in [3.8, 4) is 5.75 Å². The van der Waals surface area contributed by atoms with E-state index in [0.717, 1.165) is 12.3 Å². The van der Waals surface area contributed by atoms with Crippen LogP contribution in [0.4, 0.5) is 0 Å². The Morgan fingerprint density at radius 2 is 1.76 bits per heavy atom. The van der Waals surface area contributed by atoms with E-state index in [2.05, 4.69) is 33.0 Å². The van der Waals surface area contributed by atoms with Crippen LogP contribution in [-0.2, 0) is 0 Å². The van der Waals surface area contributed by atoms with Crippen LogP contribution < -0.4 is 5.32 Å². The molecule has 1 fully saturated rings. The molecule has 2 nitrogen and oxygen atoms in total. The molecule has 2 heteroatoms. The second kappa shape index (κ2) is 6.83. The molecule has 118 valence electrons. The third-order valence-electron chi connectivity index (χ3n) is 5.00. The Balaban J connectivity index is 2.10. The quantitative estimate of drug-likeness (QED) is 0.814. The van der Waals surface area contributed by atoms with E-state index in [-0.39, 0.29) is 0 Å². The number of hydrogen-bond donors (Lipinski definition) is 2. The van der Waals surface area contributed by atoms with Gasteiger partial charge in [-0.15, -0.1) is 0 Å². The predicted octanol–water partition coefficient (Wildman–Crippen LogP) is 5.04. The summed E-state index contributed by atoms with van der Waals surface area (Å²) in [6.07, 6.45) is 6.42. The minimum absolute atomic E-state index is 0.346. The van der Waals surface area contributed by atoms with E-state index in [0.29, 0.717) is 23.2 Å². The Kier molecular flexibility index (Phi) is 5.32. The summed E-state index contributed by atoms with van der Waals surface area (Å²) in [6, 6.07) is 8.68. The van der Waals surface area contributed by atoms with Crippen LogP contribution in [0.1, 0.15) is 71.4 Å². The zero-order valence-corrected chi connectivity index (χ0v) is 14.0. The van der Waals surface area contributed by atoms with Gasteiger partial charge in [0.25, 0.3) is 0 Å². The molecule has 0 heterocycles. The topological polar surface area (TPSA) is 32.3 Å². The first-order valence-electron chi connectivity index (χ1n) is 8.46. The molecule has 0 amide bonds. The van der Waals surface area contributed by atoms with Crippen molar-refractivity contribution in [3.63, 3.8) is 0 Å². The van der Waals surface area contributed by atoms with Crippen molar-refractivity contribution in [3.05, 3.63) is 29.8 Å².